The molecule has 2 N–H and O–H groups in total. The molecule has 4 unspecified atom stereocenters. The first kappa shape index (κ1) is 13.9. The summed E-state index contributed by atoms with van der Waals surface area (Å²) in [6.07, 6.45) is 3.89. The van der Waals surface area contributed by atoms with Crippen molar-refractivity contribution in [2.75, 3.05) is 13.6 Å². The van der Waals surface area contributed by atoms with E-state index in [9.17, 15) is 4.79 Å². The first-order valence-electron chi connectivity index (χ1n) is 7.26. The molecule has 0 aromatic heterocycles. The van der Waals surface area contributed by atoms with Crippen molar-refractivity contribution < 1.29 is 4.79 Å². The second-order valence-corrected chi connectivity index (χ2v) is 7.32. The highest BCUT2D eigenvalue weighted by atomic mass is 16.2. The van der Waals surface area contributed by atoms with Crippen LogP contribution in [0.25, 0.3) is 0 Å². The Balaban J connectivity index is 2.07. The summed E-state index contributed by atoms with van der Waals surface area (Å²) >= 11 is 0. The lowest BCUT2D eigenvalue weighted by Gasteiger charge is -2.43. The number of carbonyl (C=O) groups is 1. The molecule has 0 saturated heterocycles. The van der Waals surface area contributed by atoms with Crippen LogP contribution in [0.2, 0.25) is 0 Å². The number of amides is 1. The normalized spacial score (nSPS) is 38.7. The van der Waals surface area contributed by atoms with Crippen molar-refractivity contribution in [1.29, 1.82) is 0 Å². The highest BCUT2D eigenvalue weighted by molar-refractivity contribution is 5.79. The van der Waals surface area contributed by atoms with Crippen molar-refractivity contribution in [3.8, 4) is 0 Å². The summed E-state index contributed by atoms with van der Waals surface area (Å²) in [6.45, 7) is 9.76. The van der Waals surface area contributed by atoms with Crippen LogP contribution in [-0.2, 0) is 4.79 Å². The Labute approximate surface area is 111 Å². The summed E-state index contributed by atoms with van der Waals surface area (Å²) in [5.74, 6) is 1.04. The number of rotatable bonds is 4. The van der Waals surface area contributed by atoms with E-state index < -0.39 is 0 Å². The number of nitrogens with one attached hydrogen (secondary N) is 2. The highest BCUT2D eigenvalue weighted by Gasteiger charge is 2.59. The molecule has 3 heteroatoms. The van der Waals surface area contributed by atoms with E-state index >= 15 is 0 Å². The van der Waals surface area contributed by atoms with Crippen LogP contribution in [0.1, 0.15) is 47.0 Å². The minimum Gasteiger partial charge on any atom is -0.352 e. The van der Waals surface area contributed by atoms with Crippen molar-refractivity contribution in [3.05, 3.63) is 0 Å². The molecular formula is C15H28N2O. The van der Waals surface area contributed by atoms with Crippen molar-refractivity contribution in [2.24, 2.45) is 22.7 Å². The third kappa shape index (κ3) is 2.07. The van der Waals surface area contributed by atoms with E-state index in [1.54, 1.807) is 0 Å². The first-order chi connectivity index (χ1) is 8.31. The molecule has 2 bridgehead atoms. The fourth-order valence-corrected chi connectivity index (χ4v) is 4.35. The quantitative estimate of drug-likeness (QED) is 0.805. The maximum absolute atomic E-state index is 12.2. The summed E-state index contributed by atoms with van der Waals surface area (Å²) in [4.78, 5) is 12.2. The van der Waals surface area contributed by atoms with Gasteiger partial charge in [-0.15, -0.1) is 0 Å². The SMILES string of the molecule is CNCC(C)C(=O)NC1C2(C)CCC(C2)C1(C)C. The Bertz CT molecular complexity index is 335. The molecule has 104 valence electrons. The summed E-state index contributed by atoms with van der Waals surface area (Å²) in [5, 5.41) is 6.42. The van der Waals surface area contributed by atoms with E-state index in [0.29, 0.717) is 11.5 Å². The Morgan fingerprint density at radius 3 is 2.56 bits per heavy atom. The molecule has 2 rings (SSSR count). The van der Waals surface area contributed by atoms with Gasteiger partial charge in [-0.1, -0.05) is 27.7 Å². The lowest BCUT2D eigenvalue weighted by molar-refractivity contribution is -0.127. The van der Waals surface area contributed by atoms with Crippen LogP contribution in [0.15, 0.2) is 0 Å². The van der Waals surface area contributed by atoms with Gasteiger partial charge in [-0.3, -0.25) is 4.79 Å². The van der Waals surface area contributed by atoms with Crippen molar-refractivity contribution in [2.45, 2.75) is 53.0 Å². The Kier molecular flexibility index (Phi) is 3.48. The van der Waals surface area contributed by atoms with Gasteiger partial charge in [-0.2, -0.15) is 0 Å². The summed E-state index contributed by atoms with van der Waals surface area (Å²) in [7, 11) is 1.90. The van der Waals surface area contributed by atoms with Gasteiger partial charge in [-0.25, -0.2) is 0 Å². The van der Waals surface area contributed by atoms with Gasteiger partial charge in [0.2, 0.25) is 5.91 Å². The average Bonchev–Trinajstić information content (AvgIpc) is 2.75. The minimum atomic E-state index is 0.0496. The fourth-order valence-electron chi connectivity index (χ4n) is 4.35. The predicted octanol–water partition coefficient (Wildman–Crippen LogP) is 2.17. The molecule has 1 amide bonds. The van der Waals surface area contributed by atoms with Crippen LogP contribution in [0.5, 0.6) is 0 Å². The van der Waals surface area contributed by atoms with Crippen LogP contribution in [0.3, 0.4) is 0 Å². The van der Waals surface area contributed by atoms with Gasteiger partial charge in [0.1, 0.15) is 0 Å². The van der Waals surface area contributed by atoms with Crippen molar-refractivity contribution in [3.63, 3.8) is 0 Å². The molecule has 18 heavy (non-hydrogen) atoms. The molecule has 0 aromatic rings. The van der Waals surface area contributed by atoms with Gasteiger partial charge in [0.25, 0.3) is 0 Å². The number of hydrogen-bond acceptors (Lipinski definition) is 2. The van der Waals surface area contributed by atoms with E-state index in [-0.39, 0.29) is 17.2 Å². The molecule has 3 nitrogen and oxygen atoms in total. The van der Waals surface area contributed by atoms with Crippen molar-refractivity contribution >= 4 is 5.91 Å². The number of fused-ring (bicyclic) bond motifs is 2. The highest BCUT2D eigenvalue weighted by Crippen LogP contribution is 2.62. The molecule has 0 heterocycles. The lowest BCUT2D eigenvalue weighted by atomic mass is 9.68. The molecule has 0 aliphatic heterocycles. The van der Waals surface area contributed by atoms with Gasteiger partial charge in [-0.05, 0) is 43.1 Å². The van der Waals surface area contributed by atoms with Crippen LogP contribution in [-0.4, -0.2) is 25.5 Å². The van der Waals surface area contributed by atoms with Crippen LogP contribution in [0, 0.1) is 22.7 Å². The Morgan fingerprint density at radius 1 is 1.39 bits per heavy atom. The molecule has 0 radical (unpaired) electrons. The molecule has 0 spiro atoms. The predicted molar refractivity (Wildman–Crippen MR) is 74.3 cm³/mol. The monoisotopic (exact) mass is 252 g/mol. The number of carbonyl (C=O) groups excluding carboxylic acids is 1. The first-order valence-corrected chi connectivity index (χ1v) is 7.26. The molecule has 2 fully saturated rings. The fraction of sp³-hybridized carbons (Fsp3) is 0.933. The van der Waals surface area contributed by atoms with Crippen molar-refractivity contribution in [1.82, 2.24) is 10.6 Å². The third-order valence-corrected chi connectivity index (χ3v) is 5.51. The largest absolute Gasteiger partial charge is 0.352 e. The summed E-state index contributed by atoms with van der Waals surface area (Å²) in [5.41, 5.74) is 0.575. The topological polar surface area (TPSA) is 41.1 Å². The zero-order valence-electron chi connectivity index (χ0n) is 12.5. The smallest absolute Gasteiger partial charge is 0.224 e. The lowest BCUT2D eigenvalue weighted by Crippen LogP contribution is -2.54. The summed E-state index contributed by atoms with van der Waals surface area (Å²) < 4.78 is 0. The maximum atomic E-state index is 12.2. The van der Waals surface area contributed by atoms with E-state index in [1.165, 1.54) is 19.3 Å². The Hall–Kier alpha value is -0.570. The molecule has 4 atom stereocenters. The molecule has 2 aliphatic rings. The van der Waals surface area contributed by atoms with E-state index in [1.807, 2.05) is 14.0 Å². The minimum absolute atomic E-state index is 0.0496. The standard InChI is InChI=1S/C15H28N2O/c1-10(9-16-5)12(18)17-13-14(2,3)11-6-7-15(13,4)8-11/h10-11,13,16H,6-9H2,1-5H3,(H,17,18). The molecule has 0 aromatic carbocycles. The Morgan fingerprint density at radius 2 is 2.06 bits per heavy atom. The van der Waals surface area contributed by atoms with E-state index in [0.717, 1.165) is 12.5 Å². The van der Waals surface area contributed by atoms with Crippen LogP contribution >= 0.6 is 0 Å². The maximum Gasteiger partial charge on any atom is 0.224 e. The van der Waals surface area contributed by atoms with Gasteiger partial charge < -0.3 is 10.6 Å². The molecule has 2 aliphatic carbocycles. The van der Waals surface area contributed by atoms with E-state index in [4.69, 9.17) is 0 Å². The third-order valence-electron chi connectivity index (χ3n) is 5.51. The second-order valence-electron chi connectivity index (χ2n) is 7.32. The van der Waals surface area contributed by atoms with Gasteiger partial charge >= 0.3 is 0 Å². The molecular weight excluding hydrogens is 224 g/mol. The van der Waals surface area contributed by atoms with Gasteiger partial charge in [0, 0.05) is 18.5 Å². The van der Waals surface area contributed by atoms with E-state index in [2.05, 4.69) is 31.4 Å². The van der Waals surface area contributed by atoms with Gasteiger partial charge in [0.15, 0.2) is 0 Å². The van der Waals surface area contributed by atoms with Crippen LogP contribution < -0.4 is 10.6 Å². The second kappa shape index (κ2) is 4.52. The average molecular weight is 252 g/mol. The number of hydrogen-bond donors (Lipinski definition) is 2. The summed E-state index contributed by atoms with van der Waals surface area (Å²) in [6, 6.07) is 0.343. The zero-order chi connectivity index (χ0) is 13.6. The zero-order valence-corrected chi connectivity index (χ0v) is 12.5. The van der Waals surface area contributed by atoms with Crippen LogP contribution in [0.4, 0.5) is 0 Å². The van der Waals surface area contributed by atoms with Gasteiger partial charge in [0.05, 0.1) is 0 Å². The molecule has 2 saturated carbocycles.